The maximum atomic E-state index is 9.12. The van der Waals surface area contributed by atoms with Crippen molar-refractivity contribution in [2.24, 2.45) is 0 Å². The van der Waals surface area contributed by atoms with Gasteiger partial charge in [0.1, 0.15) is 5.58 Å². The van der Waals surface area contributed by atoms with Crippen molar-refractivity contribution < 1.29 is 19.2 Å². The highest BCUT2D eigenvalue weighted by Crippen LogP contribution is 2.40. The molecule has 5 heteroatoms. The third-order valence-corrected chi connectivity index (χ3v) is 7.52. The second-order valence-corrected chi connectivity index (χ2v) is 10.1. The maximum absolute atomic E-state index is 9.12. The van der Waals surface area contributed by atoms with Crippen molar-refractivity contribution in [3.8, 4) is 5.69 Å². The molecule has 0 aliphatic carbocycles. The molecule has 0 amide bonds. The van der Waals surface area contributed by atoms with Gasteiger partial charge in [0.2, 0.25) is 0 Å². The lowest BCUT2D eigenvalue weighted by Gasteiger charge is -2.32. The predicted octanol–water partition coefficient (Wildman–Crippen LogP) is 6.98. The smallest absolute Gasteiger partial charge is 0.454 e. The standard InChI is InChI=1S/C30H26BNO3/c1-29(2)30(3,4)35-31(34-29)19-13-15-20(16-14-19)32-25-11-7-5-9-21(25)23-17-18-24-22-10-6-8-12-26(22)33-28(24)27(23)32/h5-18H,1-4H3/i13D,14D,15D,16D. The normalized spacial score (nSPS) is 18.9. The Bertz CT molecular complexity index is 1950. The first-order valence-corrected chi connectivity index (χ1v) is 11.8. The van der Waals surface area contributed by atoms with Crippen molar-refractivity contribution in [2.45, 2.75) is 38.9 Å². The molecule has 172 valence electrons. The minimum absolute atomic E-state index is 0.0991. The van der Waals surface area contributed by atoms with Crippen LogP contribution < -0.4 is 5.46 Å². The van der Waals surface area contributed by atoms with Crippen LogP contribution in [0, 0.1) is 0 Å². The molecule has 35 heavy (non-hydrogen) atoms. The average molecular weight is 463 g/mol. The van der Waals surface area contributed by atoms with Crippen LogP contribution in [0.4, 0.5) is 0 Å². The van der Waals surface area contributed by atoms with E-state index in [4.69, 9.17) is 19.2 Å². The molecule has 0 saturated carbocycles. The first-order valence-electron chi connectivity index (χ1n) is 13.8. The zero-order valence-corrected chi connectivity index (χ0v) is 20.0. The molecule has 6 aromatic rings. The quantitative estimate of drug-likeness (QED) is 0.260. The molecule has 1 aliphatic heterocycles. The van der Waals surface area contributed by atoms with Gasteiger partial charge in [-0.1, -0.05) is 54.5 Å². The number of fused-ring (bicyclic) bond motifs is 7. The summed E-state index contributed by atoms with van der Waals surface area (Å²) in [5.41, 5.74) is 1.74. The van der Waals surface area contributed by atoms with E-state index >= 15 is 0 Å². The maximum Gasteiger partial charge on any atom is 0.494 e. The SMILES string of the molecule is [2H]c1c([2H])c(-n2c3ccccc3c3ccc4c5ccccc5oc4c32)c([2H])c([2H])c1B1OC(C)(C)C(C)(C)O1. The number of benzene rings is 4. The summed E-state index contributed by atoms with van der Waals surface area (Å²) in [5, 5.41) is 3.74. The highest BCUT2D eigenvalue weighted by Gasteiger charge is 2.51. The average Bonchev–Trinajstić information content (AvgIpc) is 3.50. The summed E-state index contributed by atoms with van der Waals surface area (Å²) >= 11 is 0. The van der Waals surface area contributed by atoms with Crippen LogP contribution in [0.2, 0.25) is 0 Å². The molecular formula is C30H26BNO3. The van der Waals surface area contributed by atoms with Crippen LogP contribution in [0.1, 0.15) is 33.2 Å². The van der Waals surface area contributed by atoms with Gasteiger partial charge < -0.3 is 18.3 Å². The Kier molecular flexibility index (Phi) is 3.40. The fourth-order valence-corrected chi connectivity index (χ4v) is 4.97. The number of rotatable bonds is 2. The minimum Gasteiger partial charge on any atom is -0.454 e. The topological polar surface area (TPSA) is 36.5 Å². The number of hydrogen-bond donors (Lipinski definition) is 0. The molecule has 7 rings (SSSR count). The molecule has 1 fully saturated rings. The van der Waals surface area contributed by atoms with Crippen LogP contribution in [0.5, 0.6) is 0 Å². The molecule has 0 atom stereocenters. The zero-order chi connectivity index (χ0) is 27.4. The Hall–Kier alpha value is -3.54. The lowest BCUT2D eigenvalue weighted by atomic mass is 9.79. The van der Waals surface area contributed by atoms with Gasteiger partial charge in [-0.3, -0.25) is 0 Å². The van der Waals surface area contributed by atoms with Gasteiger partial charge in [-0.25, -0.2) is 0 Å². The monoisotopic (exact) mass is 463 g/mol. The second-order valence-electron chi connectivity index (χ2n) is 10.1. The Balaban J connectivity index is 1.58. The molecule has 2 aromatic heterocycles. The van der Waals surface area contributed by atoms with E-state index in [0.717, 1.165) is 32.6 Å². The van der Waals surface area contributed by atoms with E-state index < -0.39 is 18.3 Å². The van der Waals surface area contributed by atoms with Crippen LogP contribution in [0.15, 0.2) is 89.3 Å². The van der Waals surface area contributed by atoms with E-state index in [9.17, 15) is 0 Å². The molecule has 0 radical (unpaired) electrons. The molecule has 0 N–H and O–H groups in total. The van der Waals surface area contributed by atoms with Crippen LogP contribution in [0.3, 0.4) is 0 Å². The van der Waals surface area contributed by atoms with Gasteiger partial charge in [-0.15, -0.1) is 0 Å². The Morgan fingerprint density at radius 1 is 0.714 bits per heavy atom. The molecule has 0 spiro atoms. The van der Waals surface area contributed by atoms with Gasteiger partial charge in [-0.2, -0.15) is 0 Å². The van der Waals surface area contributed by atoms with Crippen molar-refractivity contribution in [1.29, 1.82) is 0 Å². The fourth-order valence-electron chi connectivity index (χ4n) is 4.97. The van der Waals surface area contributed by atoms with E-state index in [-0.39, 0.29) is 35.3 Å². The second kappa shape index (κ2) is 7.00. The summed E-state index contributed by atoms with van der Waals surface area (Å²) in [5.74, 6) is 0. The number of nitrogens with zero attached hydrogens (tertiary/aromatic N) is 1. The zero-order valence-electron chi connectivity index (χ0n) is 24.0. The number of para-hydroxylation sites is 2. The van der Waals surface area contributed by atoms with E-state index in [1.165, 1.54) is 0 Å². The molecule has 3 heterocycles. The molecular weight excluding hydrogens is 433 g/mol. The van der Waals surface area contributed by atoms with Crippen LogP contribution in [0.25, 0.3) is 49.4 Å². The molecule has 4 nitrogen and oxygen atoms in total. The third kappa shape index (κ3) is 2.89. The summed E-state index contributed by atoms with van der Waals surface area (Å²) in [7, 11) is -1.02. The molecule has 0 bridgehead atoms. The summed E-state index contributed by atoms with van der Waals surface area (Å²) < 4.78 is 56.7. The predicted molar refractivity (Wildman–Crippen MR) is 144 cm³/mol. The molecule has 1 saturated heterocycles. The van der Waals surface area contributed by atoms with Gasteiger partial charge in [0.15, 0.2) is 5.58 Å². The van der Waals surface area contributed by atoms with Crippen molar-refractivity contribution in [2.75, 3.05) is 0 Å². The van der Waals surface area contributed by atoms with Gasteiger partial charge >= 0.3 is 7.12 Å². The van der Waals surface area contributed by atoms with Gasteiger partial charge in [-0.05, 0) is 63.4 Å². The summed E-state index contributed by atoms with van der Waals surface area (Å²) in [6, 6.07) is 19.0. The number of hydrogen-bond acceptors (Lipinski definition) is 3. The van der Waals surface area contributed by atoms with Crippen LogP contribution in [-0.2, 0) is 9.31 Å². The molecule has 1 aliphatic rings. The number of aromatic nitrogens is 1. The van der Waals surface area contributed by atoms with Gasteiger partial charge in [0.05, 0.1) is 27.7 Å². The lowest BCUT2D eigenvalue weighted by molar-refractivity contribution is 0.00578. The third-order valence-electron chi connectivity index (χ3n) is 7.52. The van der Waals surface area contributed by atoms with E-state index in [1.807, 2.05) is 92.9 Å². The van der Waals surface area contributed by atoms with Crippen molar-refractivity contribution in [1.82, 2.24) is 4.57 Å². The van der Waals surface area contributed by atoms with Gasteiger partial charge in [0, 0.05) is 27.2 Å². The Morgan fingerprint density at radius 2 is 1.34 bits per heavy atom. The highest BCUT2D eigenvalue weighted by atomic mass is 16.7. The first kappa shape index (κ1) is 17.0. The van der Waals surface area contributed by atoms with E-state index in [2.05, 4.69) is 0 Å². The minimum atomic E-state index is -1.02. The van der Waals surface area contributed by atoms with Gasteiger partial charge in [0.25, 0.3) is 0 Å². The summed E-state index contributed by atoms with van der Waals surface area (Å²) in [6.45, 7) is 7.59. The van der Waals surface area contributed by atoms with Crippen molar-refractivity contribution in [3.63, 3.8) is 0 Å². The summed E-state index contributed by atoms with van der Waals surface area (Å²) in [4.78, 5) is 0. The fraction of sp³-hybridized carbons (Fsp3) is 0.200. The van der Waals surface area contributed by atoms with E-state index in [0.29, 0.717) is 11.1 Å². The van der Waals surface area contributed by atoms with Crippen LogP contribution >= 0.6 is 0 Å². The Labute approximate surface area is 209 Å². The van der Waals surface area contributed by atoms with Crippen LogP contribution in [-0.4, -0.2) is 22.9 Å². The summed E-state index contributed by atoms with van der Waals surface area (Å²) in [6.07, 6.45) is 0. The van der Waals surface area contributed by atoms with Crippen molar-refractivity contribution >= 4 is 56.3 Å². The first-order chi connectivity index (χ1) is 18.5. The van der Waals surface area contributed by atoms with Crippen molar-refractivity contribution in [3.05, 3.63) is 84.8 Å². The Morgan fingerprint density at radius 3 is 2.09 bits per heavy atom. The molecule has 0 unspecified atom stereocenters. The van der Waals surface area contributed by atoms with E-state index in [1.54, 1.807) is 0 Å². The molecule has 4 aromatic carbocycles. The lowest BCUT2D eigenvalue weighted by Crippen LogP contribution is -2.41. The highest BCUT2D eigenvalue weighted by molar-refractivity contribution is 6.62. The largest absolute Gasteiger partial charge is 0.494 e. The number of furan rings is 1.